The second-order valence-corrected chi connectivity index (χ2v) is 9.54. The number of nitrogens with zero attached hydrogens (tertiary/aromatic N) is 3. The molecule has 4 aromatic rings. The maximum atomic E-state index is 13.9. The normalized spacial score (nSPS) is 15.5. The molecule has 1 aliphatic carbocycles. The molecule has 5 nitrogen and oxygen atoms in total. The Hall–Kier alpha value is -3.54. The first-order valence-electron chi connectivity index (χ1n) is 11.9. The molecule has 2 heterocycles. The summed E-state index contributed by atoms with van der Waals surface area (Å²) in [6.45, 7) is 6.37. The Balaban J connectivity index is 1.59. The van der Waals surface area contributed by atoms with E-state index in [1.807, 2.05) is 39.0 Å². The van der Waals surface area contributed by atoms with Crippen molar-refractivity contribution in [3.8, 4) is 11.3 Å². The lowest BCUT2D eigenvalue weighted by molar-refractivity contribution is -0.124. The molecule has 1 aliphatic rings. The molecule has 6 heteroatoms. The predicted octanol–water partition coefficient (Wildman–Crippen LogP) is 5.22. The molecule has 2 aromatic heterocycles. The van der Waals surface area contributed by atoms with Crippen LogP contribution in [0, 0.1) is 18.7 Å². The van der Waals surface area contributed by atoms with Gasteiger partial charge in [0, 0.05) is 40.7 Å². The van der Waals surface area contributed by atoms with E-state index in [1.54, 1.807) is 12.1 Å². The molecule has 0 saturated heterocycles. The predicted molar refractivity (Wildman–Crippen MR) is 132 cm³/mol. The summed E-state index contributed by atoms with van der Waals surface area (Å²) in [5, 5.41) is 13.0. The quantitative estimate of drug-likeness (QED) is 0.448. The summed E-state index contributed by atoms with van der Waals surface area (Å²) in [6.07, 6.45) is 2.53. The van der Waals surface area contributed by atoms with E-state index in [2.05, 4.69) is 38.3 Å². The zero-order chi connectivity index (χ0) is 23.8. The molecule has 34 heavy (non-hydrogen) atoms. The van der Waals surface area contributed by atoms with E-state index >= 15 is 0 Å². The smallest absolute Gasteiger partial charge is 0.222 e. The van der Waals surface area contributed by atoms with Crippen LogP contribution in [0.4, 0.5) is 4.39 Å². The average Bonchev–Trinajstić information content (AvgIpc) is 3.12. The lowest BCUT2D eigenvalue weighted by atomic mass is 9.90. The van der Waals surface area contributed by atoms with Gasteiger partial charge in [-0.15, -0.1) is 0 Å². The highest BCUT2D eigenvalue weighted by molar-refractivity contribution is 5.90. The van der Waals surface area contributed by atoms with Gasteiger partial charge in [-0.1, -0.05) is 32.0 Å². The van der Waals surface area contributed by atoms with Crippen LogP contribution in [0.3, 0.4) is 0 Å². The molecule has 0 radical (unpaired) electrons. The van der Waals surface area contributed by atoms with Crippen molar-refractivity contribution in [2.45, 2.75) is 52.6 Å². The molecule has 5 rings (SSSR count). The Kier molecular flexibility index (Phi) is 5.90. The van der Waals surface area contributed by atoms with Gasteiger partial charge in [-0.3, -0.25) is 4.79 Å². The Labute approximate surface area is 199 Å². The molecule has 0 bridgehead atoms. The van der Waals surface area contributed by atoms with Crippen molar-refractivity contribution in [3.05, 3.63) is 82.9 Å². The van der Waals surface area contributed by atoms with Gasteiger partial charge in [-0.2, -0.15) is 10.2 Å². The number of benzene rings is 2. The van der Waals surface area contributed by atoms with E-state index in [0.29, 0.717) is 6.54 Å². The molecule has 1 atom stereocenters. The molecule has 1 amide bonds. The minimum atomic E-state index is -0.223. The van der Waals surface area contributed by atoms with Gasteiger partial charge in [0.2, 0.25) is 5.91 Å². The van der Waals surface area contributed by atoms with E-state index in [-0.39, 0.29) is 23.7 Å². The van der Waals surface area contributed by atoms with Crippen LogP contribution in [0.5, 0.6) is 0 Å². The third kappa shape index (κ3) is 4.32. The second kappa shape index (κ2) is 9.01. The van der Waals surface area contributed by atoms with Gasteiger partial charge in [0.1, 0.15) is 5.82 Å². The average molecular weight is 457 g/mol. The second-order valence-electron chi connectivity index (χ2n) is 9.54. The van der Waals surface area contributed by atoms with Crippen LogP contribution in [-0.4, -0.2) is 26.7 Å². The third-order valence-corrected chi connectivity index (χ3v) is 6.66. The highest BCUT2D eigenvalue weighted by Gasteiger charge is 2.27. The topological polar surface area (TPSA) is 59.8 Å². The largest absolute Gasteiger partial charge is 0.353 e. The minimum absolute atomic E-state index is 0.0394. The number of nitrogens with one attached hydrogen (secondary N) is 1. The number of halogens is 1. The van der Waals surface area contributed by atoms with Crippen molar-refractivity contribution < 1.29 is 9.18 Å². The van der Waals surface area contributed by atoms with Gasteiger partial charge in [0.25, 0.3) is 0 Å². The van der Waals surface area contributed by atoms with Gasteiger partial charge in [-0.05, 0) is 73.7 Å². The van der Waals surface area contributed by atoms with Gasteiger partial charge in [0.15, 0.2) is 0 Å². The van der Waals surface area contributed by atoms with Crippen molar-refractivity contribution in [2.24, 2.45) is 5.92 Å². The number of rotatable bonds is 5. The molecule has 2 aromatic carbocycles. The summed E-state index contributed by atoms with van der Waals surface area (Å²) >= 11 is 0. The van der Waals surface area contributed by atoms with E-state index in [4.69, 9.17) is 0 Å². The van der Waals surface area contributed by atoms with Gasteiger partial charge in [0.05, 0.1) is 11.4 Å². The number of fused-ring (bicyclic) bond motifs is 3. The van der Waals surface area contributed by atoms with Crippen molar-refractivity contribution >= 4 is 16.8 Å². The summed E-state index contributed by atoms with van der Waals surface area (Å²) in [4.78, 5) is 12.4. The number of carbonyl (C=O) groups is 1. The lowest BCUT2D eigenvalue weighted by Crippen LogP contribution is -2.41. The molecule has 0 saturated carbocycles. The third-order valence-electron chi connectivity index (χ3n) is 6.66. The highest BCUT2D eigenvalue weighted by Crippen LogP contribution is 2.35. The lowest BCUT2D eigenvalue weighted by Gasteiger charge is -2.26. The molecule has 0 fully saturated rings. The van der Waals surface area contributed by atoms with Crippen LogP contribution in [0.1, 0.15) is 42.8 Å². The number of aromatic nitrogens is 3. The Bertz CT molecular complexity index is 1360. The molecular weight excluding hydrogens is 427 g/mol. The van der Waals surface area contributed by atoms with Crippen LogP contribution in [-0.2, 0) is 24.2 Å². The maximum Gasteiger partial charge on any atom is 0.222 e. The van der Waals surface area contributed by atoms with Crippen molar-refractivity contribution in [1.82, 2.24) is 20.1 Å². The SMILES string of the molecule is Cc1ccc(-c2ccc3c(c2)c2c(n3Cc3cccc(F)c3)CCC(NC(=O)C(C)C)C2)nn1. The van der Waals surface area contributed by atoms with Crippen LogP contribution >= 0.6 is 0 Å². The Morgan fingerprint density at radius 1 is 1.15 bits per heavy atom. The minimum Gasteiger partial charge on any atom is -0.353 e. The first-order valence-corrected chi connectivity index (χ1v) is 11.9. The fraction of sp³-hybridized carbons (Fsp3) is 0.321. The number of carbonyl (C=O) groups excluding carboxylic acids is 1. The van der Waals surface area contributed by atoms with Crippen molar-refractivity contribution in [1.29, 1.82) is 0 Å². The highest BCUT2D eigenvalue weighted by atomic mass is 19.1. The standard InChI is InChI=1S/C28H29FN4O/c1-17(2)28(34)30-22-9-12-27-24(15-22)23-14-20(25-10-7-18(3)31-32-25)8-11-26(23)33(27)16-19-5-4-6-21(29)13-19/h4-8,10-11,13-14,17,22H,9,12,15-16H2,1-3H3,(H,30,34). The molecule has 1 N–H and O–H groups in total. The maximum absolute atomic E-state index is 13.9. The molecule has 174 valence electrons. The molecule has 0 aliphatic heterocycles. The van der Waals surface area contributed by atoms with Crippen LogP contribution < -0.4 is 5.32 Å². The molecular formula is C28H29FN4O. The van der Waals surface area contributed by atoms with E-state index in [0.717, 1.165) is 52.7 Å². The van der Waals surface area contributed by atoms with E-state index in [1.165, 1.54) is 17.3 Å². The zero-order valence-electron chi connectivity index (χ0n) is 19.8. The monoisotopic (exact) mass is 456 g/mol. The van der Waals surface area contributed by atoms with E-state index in [9.17, 15) is 9.18 Å². The zero-order valence-corrected chi connectivity index (χ0v) is 19.8. The van der Waals surface area contributed by atoms with Gasteiger partial charge in [-0.25, -0.2) is 4.39 Å². The van der Waals surface area contributed by atoms with Gasteiger partial charge >= 0.3 is 0 Å². The number of amides is 1. The van der Waals surface area contributed by atoms with E-state index < -0.39 is 0 Å². The summed E-state index contributed by atoms with van der Waals surface area (Å²) in [5.74, 6) is -0.172. The van der Waals surface area contributed by atoms with Crippen LogP contribution in [0.2, 0.25) is 0 Å². The molecule has 1 unspecified atom stereocenters. The summed E-state index contributed by atoms with van der Waals surface area (Å²) in [7, 11) is 0. The number of hydrogen-bond donors (Lipinski definition) is 1. The summed E-state index contributed by atoms with van der Waals surface area (Å²) in [6, 6.07) is 17.3. The summed E-state index contributed by atoms with van der Waals surface area (Å²) < 4.78 is 16.2. The Morgan fingerprint density at radius 3 is 2.74 bits per heavy atom. The van der Waals surface area contributed by atoms with Crippen LogP contribution in [0.15, 0.2) is 54.6 Å². The molecule has 0 spiro atoms. The van der Waals surface area contributed by atoms with Crippen molar-refractivity contribution in [3.63, 3.8) is 0 Å². The Morgan fingerprint density at radius 2 is 2.00 bits per heavy atom. The fourth-order valence-electron chi connectivity index (χ4n) is 4.85. The number of aryl methyl sites for hydroxylation is 1. The van der Waals surface area contributed by atoms with Gasteiger partial charge < -0.3 is 9.88 Å². The fourth-order valence-corrected chi connectivity index (χ4v) is 4.85. The summed E-state index contributed by atoms with van der Waals surface area (Å²) in [5.41, 5.74) is 7.30. The first kappa shape index (κ1) is 22.3. The number of hydrogen-bond acceptors (Lipinski definition) is 3. The van der Waals surface area contributed by atoms with Crippen molar-refractivity contribution in [2.75, 3.05) is 0 Å². The first-order chi connectivity index (χ1) is 16.4. The van der Waals surface area contributed by atoms with Crippen LogP contribution in [0.25, 0.3) is 22.2 Å².